The first-order valence-electron chi connectivity index (χ1n) is 8.34. The van der Waals surface area contributed by atoms with Crippen LogP contribution in [0.1, 0.15) is 23.2 Å². The Hall–Kier alpha value is -3.01. The van der Waals surface area contributed by atoms with Gasteiger partial charge < -0.3 is 19.6 Å². The Morgan fingerprint density at radius 2 is 2.04 bits per heavy atom. The summed E-state index contributed by atoms with van der Waals surface area (Å²) in [5, 5.41) is 9.11. The maximum atomic E-state index is 12.4. The molecule has 0 bridgehead atoms. The quantitative estimate of drug-likeness (QED) is 0.770. The zero-order chi connectivity index (χ0) is 19.1. The molecule has 2 rings (SSSR count). The predicted octanol–water partition coefficient (Wildman–Crippen LogP) is 1.09. The van der Waals surface area contributed by atoms with Crippen molar-refractivity contribution in [2.24, 2.45) is 5.92 Å². The van der Waals surface area contributed by atoms with Gasteiger partial charge in [0.2, 0.25) is 5.91 Å². The van der Waals surface area contributed by atoms with Gasteiger partial charge in [-0.1, -0.05) is 5.92 Å². The highest BCUT2D eigenvalue weighted by Gasteiger charge is 2.29. The first-order chi connectivity index (χ1) is 12.4. The van der Waals surface area contributed by atoms with Crippen LogP contribution in [0.4, 0.5) is 0 Å². The maximum Gasteiger partial charge on any atom is 0.308 e. The van der Waals surface area contributed by atoms with Crippen LogP contribution in [0, 0.1) is 18.3 Å². The molecule has 138 valence electrons. The zero-order valence-electron chi connectivity index (χ0n) is 14.7. The number of hydrogen-bond acceptors (Lipinski definition) is 4. The summed E-state index contributed by atoms with van der Waals surface area (Å²) >= 11 is 0. The molecule has 1 unspecified atom stereocenters. The summed E-state index contributed by atoms with van der Waals surface area (Å²) in [5.41, 5.74) is 0.426. The van der Waals surface area contributed by atoms with Crippen molar-refractivity contribution in [2.75, 3.05) is 33.3 Å². The number of carboxylic acids is 1. The Bertz CT molecular complexity index is 708. The average Bonchev–Trinajstić information content (AvgIpc) is 2.66. The molecule has 0 radical (unpaired) electrons. The van der Waals surface area contributed by atoms with E-state index in [1.807, 2.05) is 0 Å². The average molecular weight is 358 g/mol. The first kappa shape index (κ1) is 19.3. The number of hydrogen-bond donors (Lipinski definition) is 1. The van der Waals surface area contributed by atoms with Crippen LogP contribution in [0.25, 0.3) is 0 Å². The summed E-state index contributed by atoms with van der Waals surface area (Å²) in [6.45, 7) is 0.763. The highest BCUT2D eigenvalue weighted by atomic mass is 16.5. The molecule has 1 aromatic carbocycles. The summed E-state index contributed by atoms with van der Waals surface area (Å²) in [5.74, 6) is 0.945. The molecular weight excluding hydrogens is 336 g/mol. The number of benzene rings is 1. The van der Waals surface area contributed by atoms with Crippen LogP contribution in [0.2, 0.25) is 0 Å². The highest BCUT2D eigenvalue weighted by Crippen LogP contribution is 2.17. The molecule has 2 amide bonds. The molecule has 7 heteroatoms. The Balaban J connectivity index is 1.92. The summed E-state index contributed by atoms with van der Waals surface area (Å²) < 4.78 is 5.25. The van der Waals surface area contributed by atoms with E-state index in [0.29, 0.717) is 30.7 Å². The normalized spacial score (nSPS) is 16.5. The van der Waals surface area contributed by atoms with Crippen LogP contribution in [0.3, 0.4) is 0 Å². The number of ether oxygens (including phenoxy) is 1. The molecule has 1 aliphatic heterocycles. The predicted molar refractivity (Wildman–Crippen MR) is 94.7 cm³/mol. The van der Waals surface area contributed by atoms with Crippen molar-refractivity contribution >= 4 is 17.8 Å². The number of rotatable bonds is 6. The lowest BCUT2D eigenvalue weighted by molar-refractivity contribution is -0.145. The number of piperidine rings is 1. The van der Waals surface area contributed by atoms with E-state index in [1.165, 1.54) is 9.80 Å². The molecule has 1 fully saturated rings. The molecule has 7 nitrogen and oxygen atoms in total. The van der Waals surface area contributed by atoms with Gasteiger partial charge in [0.25, 0.3) is 5.91 Å². The van der Waals surface area contributed by atoms with Crippen molar-refractivity contribution in [1.82, 2.24) is 9.80 Å². The second kappa shape index (κ2) is 8.90. The summed E-state index contributed by atoms with van der Waals surface area (Å²) in [4.78, 5) is 38.8. The Morgan fingerprint density at radius 1 is 1.35 bits per heavy atom. The number of nitrogens with zero attached hydrogens (tertiary/aromatic N) is 2. The van der Waals surface area contributed by atoms with Crippen molar-refractivity contribution in [3.8, 4) is 18.1 Å². The number of terminal acetylenes is 1. The van der Waals surface area contributed by atoms with Crippen LogP contribution in [-0.4, -0.2) is 66.0 Å². The number of aliphatic carboxylic acids is 1. The molecular formula is C19H22N2O5. The molecule has 26 heavy (non-hydrogen) atoms. The lowest BCUT2D eigenvalue weighted by Gasteiger charge is -2.32. The van der Waals surface area contributed by atoms with E-state index in [-0.39, 0.29) is 31.5 Å². The van der Waals surface area contributed by atoms with Gasteiger partial charge in [0.1, 0.15) is 12.4 Å². The molecule has 0 aromatic heterocycles. The van der Waals surface area contributed by atoms with E-state index in [1.54, 1.807) is 31.3 Å². The minimum atomic E-state index is -0.890. The first-order valence-corrected chi connectivity index (χ1v) is 8.34. The topological polar surface area (TPSA) is 87.2 Å². The number of likely N-dealkylation sites (N-methyl/N-ethyl adjacent to an activating group) is 1. The fourth-order valence-electron chi connectivity index (χ4n) is 2.82. The maximum absolute atomic E-state index is 12.4. The summed E-state index contributed by atoms with van der Waals surface area (Å²) in [6.07, 6.45) is 6.35. The largest absolute Gasteiger partial charge is 0.481 e. The van der Waals surface area contributed by atoms with E-state index in [0.717, 1.165) is 0 Å². The van der Waals surface area contributed by atoms with Crippen molar-refractivity contribution in [2.45, 2.75) is 12.8 Å². The second-order valence-corrected chi connectivity index (χ2v) is 6.20. The van der Waals surface area contributed by atoms with Gasteiger partial charge in [-0.2, -0.15) is 0 Å². The van der Waals surface area contributed by atoms with Crippen molar-refractivity contribution in [1.29, 1.82) is 0 Å². The fraction of sp³-hybridized carbons (Fsp3) is 0.421. The van der Waals surface area contributed by atoms with Gasteiger partial charge >= 0.3 is 5.97 Å². The van der Waals surface area contributed by atoms with Gasteiger partial charge in [-0.05, 0) is 37.1 Å². The number of carboxylic acid groups (broad SMARTS) is 1. The van der Waals surface area contributed by atoms with Crippen molar-refractivity contribution in [3.05, 3.63) is 29.8 Å². The molecule has 1 N–H and O–H groups in total. The number of likely N-dealkylation sites (tertiary alicyclic amines) is 1. The van der Waals surface area contributed by atoms with E-state index in [9.17, 15) is 14.4 Å². The molecule has 1 heterocycles. The van der Waals surface area contributed by atoms with Crippen LogP contribution in [-0.2, 0) is 9.59 Å². The number of amides is 2. The number of carbonyl (C=O) groups is 3. The van der Waals surface area contributed by atoms with Crippen LogP contribution < -0.4 is 4.74 Å². The summed E-state index contributed by atoms with van der Waals surface area (Å²) in [6, 6.07) is 6.50. The fourth-order valence-corrected chi connectivity index (χ4v) is 2.82. The third-order valence-electron chi connectivity index (χ3n) is 4.27. The lowest BCUT2D eigenvalue weighted by Crippen LogP contribution is -2.46. The van der Waals surface area contributed by atoms with Gasteiger partial charge in [0.05, 0.1) is 12.5 Å². The van der Waals surface area contributed by atoms with Gasteiger partial charge in [-0.3, -0.25) is 14.4 Å². The molecule has 1 aromatic rings. The van der Waals surface area contributed by atoms with Gasteiger partial charge in [0.15, 0.2) is 0 Å². The second-order valence-electron chi connectivity index (χ2n) is 6.20. The van der Waals surface area contributed by atoms with Gasteiger partial charge in [-0.25, -0.2) is 0 Å². The van der Waals surface area contributed by atoms with Crippen molar-refractivity contribution < 1.29 is 24.2 Å². The highest BCUT2D eigenvalue weighted by molar-refractivity contribution is 5.96. The van der Waals surface area contributed by atoms with E-state index >= 15 is 0 Å². The van der Waals surface area contributed by atoms with Crippen LogP contribution in [0.5, 0.6) is 5.75 Å². The molecule has 0 saturated carbocycles. The van der Waals surface area contributed by atoms with Gasteiger partial charge in [0, 0.05) is 25.7 Å². The lowest BCUT2D eigenvalue weighted by atomic mass is 9.98. The molecule has 1 atom stereocenters. The third kappa shape index (κ3) is 4.99. The molecule has 0 spiro atoms. The minimum Gasteiger partial charge on any atom is -0.481 e. The SMILES string of the molecule is C#CCOc1ccc(C(=O)N(C)CC(=O)N2CCCC(C(=O)O)C2)cc1. The Kier molecular flexibility index (Phi) is 6.61. The molecule has 1 aliphatic rings. The molecule has 1 saturated heterocycles. The Morgan fingerprint density at radius 3 is 2.65 bits per heavy atom. The standard InChI is InChI=1S/C19H22N2O5/c1-3-11-26-16-8-6-14(7-9-16)18(23)20(2)13-17(22)21-10-4-5-15(12-21)19(24)25/h1,6-9,15H,4-5,10-13H2,2H3,(H,24,25). The number of carbonyl (C=O) groups excluding carboxylic acids is 2. The van der Waals surface area contributed by atoms with E-state index < -0.39 is 11.9 Å². The minimum absolute atomic E-state index is 0.0967. The Labute approximate surface area is 152 Å². The summed E-state index contributed by atoms with van der Waals surface area (Å²) in [7, 11) is 1.54. The smallest absolute Gasteiger partial charge is 0.308 e. The van der Waals surface area contributed by atoms with E-state index in [4.69, 9.17) is 16.3 Å². The van der Waals surface area contributed by atoms with E-state index in [2.05, 4.69) is 5.92 Å². The van der Waals surface area contributed by atoms with Crippen molar-refractivity contribution in [3.63, 3.8) is 0 Å². The third-order valence-corrected chi connectivity index (χ3v) is 4.27. The molecule has 0 aliphatic carbocycles. The van der Waals surface area contributed by atoms with Crippen LogP contribution >= 0.6 is 0 Å². The monoisotopic (exact) mass is 358 g/mol. The zero-order valence-corrected chi connectivity index (χ0v) is 14.7. The van der Waals surface area contributed by atoms with Gasteiger partial charge in [-0.15, -0.1) is 6.42 Å². The van der Waals surface area contributed by atoms with Crippen LogP contribution in [0.15, 0.2) is 24.3 Å².